The van der Waals surface area contributed by atoms with Gasteiger partial charge in [-0.1, -0.05) is 5.16 Å². The summed E-state index contributed by atoms with van der Waals surface area (Å²) in [7, 11) is 0. The average molecular weight is 320 g/mol. The van der Waals surface area contributed by atoms with Crippen molar-refractivity contribution in [1.82, 2.24) is 15.8 Å². The standard InChI is InChI=1S/C13H21N3O2S.ClH/c1-9-12(10(2)18-16-9)7-19-8-13(17)15-11-4-3-5-14-6-11;/h11,14H,3-8H2,1-2H3,(H,15,17);1H. The summed E-state index contributed by atoms with van der Waals surface area (Å²) in [5, 5.41) is 10.3. The van der Waals surface area contributed by atoms with Gasteiger partial charge in [-0.3, -0.25) is 4.79 Å². The van der Waals surface area contributed by atoms with Crippen LogP contribution >= 0.6 is 24.2 Å². The molecule has 5 nitrogen and oxygen atoms in total. The molecular weight excluding hydrogens is 298 g/mol. The molecule has 1 aromatic heterocycles. The zero-order chi connectivity index (χ0) is 13.7. The first-order chi connectivity index (χ1) is 9.16. The molecule has 1 saturated heterocycles. The van der Waals surface area contributed by atoms with Gasteiger partial charge in [0.15, 0.2) is 0 Å². The molecular formula is C13H22ClN3O2S. The van der Waals surface area contributed by atoms with Gasteiger partial charge in [-0.2, -0.15) is 0 Å². The lowest BCUT2D eigenvalue weighted by molar-refractivity contribution is -0.119. The summed E-state index contributed by atoms with van der Waals surface area (Å²) in [6.45, 7) is 5.79. The molecule has 1 aliphatic heterocycles. The quantitative estimate of drug-likeness (QED) is 0.866. The van der Waals surface area contributed by atoms with E-state index in [0.29, 0.717) is 11.8 Å². The van der Waals surface area contributed by atoms with E-state index in [1.54, 1.807) is 11.8 Å². The molecule has 0 radical (unpaired) electrons. The van der Waals surface area contributed by atoms with E-state index >= 15 is 0 Å². The number of nitrogens with one attached hydrogen (secondary N) is 2. The predicted octanol–water partition coefficient (Wildman–Crippen LogP) is 1.81. The molecule has 0 aromatic carbocycles. The Morgan fingerprint density at radius 1 is 1.55 bits per heavy atom. The maximum absolute atomic E-state index is 11.8. The van der Waals surface area contributed by atoms with Gasteiger partial charge in [0.1, 0.15) is 5.76 Å². The summed E-state index contributed by atoms with van der Waals surface area (Å²) in [5.41, 5.74) is 2.03. The molecule has 1 aliphatic rings. The number of halogens is 1. The number of carbonyl (C=O) groups excluding carboxylic acids is 1. The largest absolute Gasteiger partial charge is 0.361 e. The van der Waals surface area contributed by atoms with Crippen LogP contribution in [0.25, 0.3) is 0 Å². The van der Waals surface area contributed by atoms with Crippen LogP contribution in [0.15, 0.2) is 4.52 Å². The van der Waals surface area contributed by atoms with Crippen molar-refractivity contribution in [2.75, 3.05) is 18.8 Å². The highest BCUT2D eigenvalue weighted by Gasteiger charge is 2.15. The molecule has 114 valence electrons. The van der Waals surface area contributed by atoms with E-state index in [2.05, 4.69) is 15.8 Å². The van der Waals surface area contributed by atoms with E-state index < -0.39 is 0 Å². The molecule has 0 bridgehead atoms. The highest BCUT2D eigenvalue weighted by atomic mass is 35.5. The van der Waals surface area contributed by atoms with Gasteiger partial charge >= 0.3 is 0 Å². The second-order valence-corrected chi connectivity index (χ2v) is 5.89. The lowest BCUT2D eigenvalue weighted by atomic mass is 10.1. The highest BCUT2D eigenvalue weighted by Crippen LogP contribution is 2.19. The van der Waals surface area contributed by atoms with Crippen LogP contribution in [0.1, 0.15) is 29.9 Å². The molecule has 2 heterocycles. The van der Waals surface area contributed by atoms with Gasteiger partial charge in [0, 0.05) is 23.9 Å². The van der Waals surface area contributed by atoms with Gasteiger partial charge in [-0.05, 0) is 33.2 Å². The van der Waals surface area contributed by atoms with Gasteiger partial charge in [0.25, 0.3) is 0 Å². The number of nitrogens with zero attached hydrogens (tertiary/aromatic N) is 1. The third-order valence-corrected chi connectivity index (χ3v) is 4.28. The fourth-order valence-electron chi connectivity index (χ4n) is 2.20. The van der Waals surface area contributed by atoms with Crippen LogP contribution in [0.3, 0.4) is 0 Å². The zero-order valence-electron chi connectivity index (χ0n) is 11.9. The van der Waals surface area contributed by atoms with Crippen LogP contribution < -0.4 is 10.6 Å². The third kappa shape index (κ3) is 5.00. The summed E-state index contributed by atoms with van der Waals surface area (Å²) in [6.07, 6.45) is 2.21. The summed E-state index contributed by atoms with van der Waals surface area (Å²) in [5.74, 6) is 2.23. The number of rotatable bonds is 5. The van der Waals surface area contributed by atoms with Gasteiger partial charge in [0.05, 0.1) is 11.4 Å². The van der Waals surface area contributed by atoms with Crippen molar-refractivity contribution in [3.63, 3.8) is 0 Å². The topological polar surface area (TPSA) is 67.2 Å². The van der Waals surface area contributed by atoms with Crippen molar-refractivity contribution in [3.05, 3.63) is 17.0 Å². The summed E-state index contributed by atoms with van der Waals surface area (Å²) in [6, 6.07) is 0.293. The molecule has 1 atom stereocenters. The third-order valence-electron chi connectivity index (χ3n) is 3.32. The Hall–Kier alpha value is -0.720. The number of thioether (sulfide) groups is 1. The number of aromatic nitrogens is 1. The normalized spacial score (nSPS) is 18.4. The number of amides is 1. The number of hydrogen-bond acceptors (Lipinski definition) is 5. The smallest absolute Gasteiger partial charge is 0.230 e. The van der Waals surface area contributed by atoms with E-state index in [4.69, 9.17) is 4.52 Å². The first-order valence-electron chi connectivity index (χ1n) is 6.66. The molecule has 1 amide bonds. The van der Waals surface area contributed by atoms with Gasteiger partial charge < -0.3 is 15.2 Å². The minimum Gasteiger partial charge on any atom is -0.361 e. The SMILES string of the molecule is Cc1noc(C)c1CSCC(=O)NC1CCCNC1.Cl. The Balaban J connectivity index is 0.00000200. The second kappa shape index (κ2) is 8.54. The van der Waals surface area contributed by atoms with Crippen LogP contribution in [0.5, 0.6) is 0 Å². The van der Waals surface area contributed by atoms with Gasteiger partial charge in [-0.25, -0.2) is 0 Å². The molecule has 2 rings (SSSR count). The maximum atomic E-state index is 11.8. The van der Waals surface area contributed by atoms with Crippen LogP contribution in [-0.4, -0.2) is 35.9 Å². The maximum Gasteiger partial charge on any atom is 0.230 e. The summed E-state index contributed by atoms with van der Waals surface area (Å²) >= 11 is 1.60. The van der Waals surface area contributed by atoms with E-state index in [0.717, 1.165) is 48.7 Å². The van der Waals surface area contributed by atoms with Crippen LogP contribution in [0.4, 0.5) is 0 Å². The Labute approximate surface area is 130 Å². The number of piperidine rings is 1. The minimum absolute atomic E-state index is 0. The summed E-state index contributed by atoms with van der Waals surface area (Å²) < 4.78 is 5.10. The lowest BCUT2D eigenvalue weighted by Gasteiger charge is -2.23. The molecule has 0 saturated carbocycles. The Kier molecular flexibility index (Phi) is 7.40. The summed E-state index contributed by atoms with van der Waals surface area (Å²) in [4.78, 5) is 11.8. The fourth-order valence-corrected chi connectivity index (χ4v) is 3.19. The molecule has 20 heavy (non-hydrogen) atoms. The Bertz CT molecular complexity index is 414. The molecule has 1 fully saturated rings. The zero-order valence-corrected chi connectivity index (χ0v) is 13.5. The van der Waals surface area contributed by atoms with E-state index in [1.807, 2.05) is 13.8 Å². The highest BCUT2D eigenvalue weighted by molar-refractivity contribution is 7.99. The number of aryl methyl sites for hydroxylation is 2. The van der Waals surface area contributed by atoms with Crippen LogP contribution in [-0.2, 0) is 10.5 Å². The minimum atomic E-state index is 0. The Morgan fingerprint density at radius 2 is 2.35 bits per heavy atom. The first-order valence-corrected chi connectivity index (χ1v) is 7.82. The van der Waals surface area contributed by atoms with Crippen molar-refractivity contribution in [2.24, 2.45) is 0 Å². The monoisotopic (exact) mass is 319 g/mol. The fraction of sp³-hybridized carbons (Fsp3) is 0.692. The Morgan fingerprint density at radius 3 is 2.95 bits per heavy atom. The molecule has 7 heteroatoms. The van der Waals surface area contributed by atoms with Gasteiger partial charge in [0.2, 0.25) is 5.91 Å². The van der Waals surface area contributed by atoms with Crippen LogP contribution in [0.2, 0.25) is 0 Å². The molecule has 0 spiro atoms. The molecule has 2 N–H and O–H groups in total. The number of hydrogen-bond donors (Lipinski definition) is 2. The second-order valence-electron chi connectivity index (χ2n) is 4.91. The van der Waals surface area contributed by atoms with Crippen molar-refractivity contribution in [2.45, 2.75) is 38.5 Å². The van der Waals surface area contributed by atoms with E-state index in [1.165, 1.54) is 0 Å². The molecule has 0 aliphatic carbocycles. The average Bonchev–Trinajstić information content (AvgIpc) is 2.71. The lowest BCUT2D eigenvalue weighted by Crippen LogP contribution is -2.46. The van der Waals surface area contributed by atoms with E-state index in [9.17, 15) is 4.79 Å². The van der Waals surface area contributed by atoms with Crippen LogP contribution in [0, 0.1) is 13.8 Å². The van der Waals surface area contributed by atoms with Crippen molar-refractivity contribution in [1.29, 1.82) is 0 Å². The van der Waals surface area contributed by atoms with Crippen molar-refractivity contribution < 1.29 is 9.32 Å². The molecule has 1 unspecified atom stereocenters. The first kappa shape index (κ1) is 17.3. The van der Waals surface area contributed by atoms with Gasteiger partial charge in [-0.15, -0.1) is 24.2 Å². The van der Waals surface area contributed by atoms with E-state index in [-0.39, 0.29) is 18.3 Å². The molecule has 1 aromatic rings. The predicted molar refractivity (Wildman–Crippen MR) is 83.4 cm³/mol. The van der Waals surface area contributed by atoms with Crippen molar-refractivity contribution >= 4 is 30.1 Å². The number of carbonyl (C=O) groups is 1. The van der Waals surface area contributed by atoms with Crippen molar-refractivity contribution in [3.8, 4) is 0 Å².